The highest BCUT2D eigenvalue weighted by Crippen LogP contribution is 2.38. The molecule has 0 aliphatic carbocycles. The minimum absolute atomic E-state index is 0.171. The van der Waals surface area contributed by atoms with Crippen LogP contribution in [0.4, 0.5) is 9.18 Å². The molecule has 7 nitrogen and oxygen atoms in total. The Balaban J connectivity index is 3.08. The molecular weight excluding hydrogens is 373 g/mol. The number of halogens is 1. The van der Waals surface area contributed by atoms with Gasteiger partial charge in [0.05, 0.1) is 0 Å². The van der Waals surface area contributed by atoms with Gasteiger partial charge in [0.1, 0.15) is 19.4 Å². The van der Waals surface area contributed by atoms with E-state index in [1.807, 2.05) is 33.9 Å². The second-order valence-corrected chi connectivity index (χ2v) is 12.5. The molecule has 0 radical (unpaired) electrons. The van der Waals surface area contributed by atoms with Crippen LogP contribution in [0.25, 0.3) is 0 Å². The molecule has 0 aromatic heterocycles. The van der Waals surface area contributed by atoms with Crippen LogP contribution in [0, 0.1) is 0 Å². The molecule has 2 atom stereocenters. The summed E-state index contributed by atoms with van der Waals surface area (Å²) in [7, 11) is -2.54. The molecule has 0 saturated carbocycles. The van der Waals surface area contributed by atoms with E-state index in [2.05, 4.69) is 0 Å². The number of nitrogens with zero attached hydrogens (tertiary/aromatic N) is 1. The SMILES string of the molecule is CC(C)(C)[Si](C)(C)O[C@H](CF)[C@@H](C(=O)O)N(OCc1ccccc1)C(=O)O. The van der Waals surface area contributed by atoms with Gasteiger partial charge in [0, 0.05) is 0 Å². The molecule has 152 valence electrons. The van der Waals surface area contributed by atoms with Crippen LogP contribution in [0.15, 0.2) is 30.3 Å². The predicted octanol–water partition coefficient (Wildman–Crippen LogP) is 3.91. The molecule has 1 aromatic carbocycles. The fourth-order valence-corrected chi connectivity index (χ4v) is 3.42. The van der Waals surface area contributed by atoms with Crippen molar-refractivity contribution in [3.63, 3.8) is 0 Å². The van der Waals surface area contributed by atoms with E-state index in [1.165, 1.54) is 0 Å². The zero-order valence-electron chi connectivity index (χ0n) is 16.3. The number of aliphatic carboxylic acids is 1. The first kappa shape index (κ1) is 23.1. The van der Waals surface area contributed by atoms with Crippen LogP contribution in [-0.4, -0.2) is 54.5 Å². The topological polar surface area (TPSA) is 96.3 Å². The summed E-state index contributed by atoms with van der Waals surface area (Å²) in [5.74, 6) is -1.54. The van der Waals surface area contributed by atoms with Gasteiger partial charge < -0.3 is 14.6 Å². The molecule has 0 aliphatic heterocycles. The van der Waals surface area contributed by atoms with Gasteiger partial charge in [0.25, 0.3) is 0 Å². The summed E-state index contributed by atoms with van der Waals surface area (Å²) >= 11 is 0. The van der Waals surface area contributed by atoms with Crippen LogP contribution < -0.4 is 0 Å². The Kier molecular flexibility index (Phi) is 7.94. The van der Waals surface area contributed by atoms with Gasteiger partial charge in [0.2, 0.25) is 0 Å². The lowest BCUT2D eigenvalue weighted by Crippen LogP contribution is -2.57. The number of carboxylic acid groups (broad SMARTS) is 2. The normalized spacial score (nSPS) is 14.4. The summed E-state index contributed by atoms with van der Waals surface area (Å²) in [5, 5.41) is 19.0. The highest BCUT2D eigenvalue weighted by Gasteiger charge is 2.45. The maximum Gasteiger partial charge on any atom is 0.432 e. The molecule has 1 amide bonds. The van der Waals surface area contributed by atoms with Crippen molar-refractivity contribution >= 4 is 20.4 Å². The Labute approximate surface area is 159 Å². The minimum atomic E-state index is -2.54. The molecule has 0 spiro atoms. The average Bonchev–Trinajstić information content (AvgIpc) is 2.56. The smallest absolute Gasteiger partial charge is 0.432 e. The molecule has 9 heteroatoms. The highest BCUT2D eigenvalue weighted by molar-refractivity contribution is 6.74. The number of hydroxylamine groups is 2. The zero-order valence-corrected chi connectivity index (χ0v) is 17.3. The molecular formula is C18H28FNO6Si. The van der Waals surface area contributed by atoms with Gasteiger partial charge in [-0.2, -0.15) is 5.06 Å². The second kappa shape index (κ2) is 9.29. The van der Waals surface area contributed by atoms with Crippen LogP contribution in [0.3, 0.4) is 0 Å². The van der Waals surface area contributed by atoms with Gasteiger partial charge in [-0.25, -0.2) is 14.0 Å². The van der Waals surface area contributed by atoms with Crippen molar-refractivity contribution in [1.29, 1.82) is 0 Å². The molecule has 1 rings (SSSR count). The molecule has 1 aromatic rings. The van der Waals surface area contributed by atoms with Crippen molar-refractivity contribution in [2.45, 2.75) is 57.7 Å². The van der Waals surface area contributed by atoms with E-state index in [1.54, 1.807) is 30.3 Å². The molecule has 0 aliphatic rings. The van der Waals surface area contributed by atoms with E-state index >= 15 is 0 Å². The third kappa shape index (κ3) is 6.30. The number of hydrogen-bond acceptors (Lipinski definition) is 4. The Bertz CT molecular complexity index is 634. The van der Waals surface area contributed by atoms with Crippen molar-refractivity contribution in [2.75, 3.05) is 6.67 Å². The summed E-state index contributed by atoms with van der Waals surface area (Å²) in [6.45, 7) is 8.12. The molecule has 0 unspecified atom stereocenters. The summed E-state index contributed by atoms with van der Waals surface area (Å²) in [6, 6.07) is 6.84. The number of hydrogen-bond donors (Lipinski definition) is 2. The summed E-state index contributed by atoms with van der Waals surface area (Å²) < 4.78 is 19.6. The maximum atomic E-state index is 13.7. The number of alkyl halides is 1. The third-order valence-corrected chi connectivity index (χ3v) is 9.17. The van der Waals surface area contributed by atoms with Crippen molar-refractivity contribution in [1.82, 2.24) is 5.06 Å². The van der Waals surface area contributed by atoms with Crippen molar-refractivity contribution in [2.24, 2.45) is 0 Å². The molecule has 27 heavy (non-hydrogen) atoms. The molecule has 0 fully saturated rings. The number of carboxylic acids is 1. The molecule has 0 heterocycles. The van der Waals surface area contributed by atoms with Gasteiger partial charge in [-0.3, -0.25) is 4.84 Å². The fourth-order valence-electron chi connectivity index (χ4n) is 2.12. The third-order valence-electron chi connectivity index (χ3n) is 4.66. The first-order valence-corrected chi connectivity index (χ1v) is 11.5. The summed E-state index contributed by atoms with van der Waals surface area (Å²) in [4.78, 5) is 28.6. The van der Waals surface area contributed by atoms with Gasteiger partial charge in [-0.15, -0.1) is 0 Å². The highest BCUT2D eigenvalue weighted by atomic mass is 28.4. The van der Waals surface area contributed by atoms with Gasteiger partial charge in [0.15, 0.2) is 14.4 Å². The largest absolute Gasteiger partial charge is 0.480 e. The predicted molar refractivity (Wildman–Crippen MR) is 101 cm³/mol. The maximum absolute atomic E-state index is 13.7. The van der Waals surface area contributed by atoms with Crippen molar-refractivity contribution < 1.29 is 33.5 Å². The average molecular weight is 402 g/mol. The van der Waals surface area contributed by atoms with Gasteiger partial charge >= 0.3 is 12.1 Å². The summed E-state index contributed by atoms with van der Waals surface area (Å²) in [5.41, 5.74) is 0.648. The van der Waals surface area contributed by atoms with Gasteiger partial charge in [-0.1, -0.05) is 51.1 Å². The first-order valence-electron chi connectivity index (χ1n) is 8.56. The van der Waals surface area contributed by atoms with Crippen LogP contribution in [0.1, 0.15) is 26.3 Å². The van der Waals surface area contributed by atoms with Crippen LogP contribution in [-0.2, 0) is 20.7 Å². The molecule has 0 saturated heterocycles. The first-order chi connectivity index (χ1) is 12.4. The van der Waals surface area contributed by atoms with Gasteiger partial charge in [-0.05, 0) is 23.7 Å². The monoisotopic (exact) mass is 401 g/mol. The lowest BCUT2D eigenvalue weighted by molar-refractivity contribution is -0.199. The van der Waals surface area contributed by atoms with Crippen molar-refractivity contribution in [3.05, 3.63) is 35.9 Å². The number of amides is 1. The Morgan fingerprint density at radius 2 is 1.74 bits per heavy atom. The van der Waals surface area contributed by atoms with Crippen LogP contribution in [0.5, 0.6) is 0 Å². The van der Waals surface area contributed by atoms with E-state index in [-0.39, 0.29) is 16.7 Å². The lowest BCUT2D eigenvalue weighted by Gasteiger charge is -2.41. The second-order valence-electron chi connectivity index (χ2n) is 7.72. The number of rotatable bonds is 9. The molecule has 2 N–H and O–H groups in total. The van der Waals surface area contributed by atoms with E-state index in [0.717, 1.165) is 0 Å². The van der Waals surface area contributed by atoms with E-state index in [4.69, 9.17) is 9.26 Å². The Morgan fingerprint density at radius 3 is 2.15 bits per heavy atom. The van der Waals surface area contributed by atoms with E-state index < -0.39 is 39.2 Å². The minimum Gasteiger partial charge on any atom is -0.480 e. The van der Waals surface area contributed by atoms with Crippen LogP contribution in [0.2, 0.25) is 18.1 Å². The quantitative estimate of drug-likeness (QED) is 0.481. The Hall–Kier alpha value is -1.97. The van der Waals surface area contributed by atoms with Crippen molar-refractivity contribution in [3.8, 4) is 0 Å². The Morgan fingerprint density at radius 1 is 1.19 bits per heavy atom. The standard InChI is InChI=1S/C18H28FNO6Si/c1-18(2,3)27(4,5)26-14(11-19)15(16(21)22)20(17(23)24)25-12-13-9-7-6-8-10-13/h6-10,14-15H,11-12H2,1-5H3,(H,21,22)(H,23,24)/t14-,15+/m1/s1. The zero-order chi connectivity index (χ0) is 20.8. The molecule has 0 bridgehead atoms. The number of carbonyl (C=O) groups is 2. The lowest BCUT2D eigenvalue weighted by atomic mass is 10.2. The van der Waals surface area contributed by atoms with E-state index in [9.17, 15) is 24.2 Å². The number of benzene rings is 1. The van der Waals surface area contributed by atoms with Crippen LogP contribution >= 0.6 is 0 Å². The fraction of sp³-hybridized carbons (Fsp3) is 0.556. The summed E-state index contributed by atoms with van der Waals surface area (Å²) in [6.07, 6.45) is -3.11. The van der Waals surface area contributed by atoms with E-state index in [0.29, 0.717) is 5.56 Å².